The molecule has 0 bridgehead atoms. The molecule has 0 aliphatic heterocycles. The van der Waals surface area contributed by atoms with Crippen molar-refractivity contribution in [1.29, 1.82) is 0 Å². The molecule has 0 atom stereocenters. The number of rotatable bonds is 1. The Bertz CT molecular complexity index is 476. The fourth-order valence-corrected chi connectivity index (χ4v) is 1.35. The average Bonchev–Trinajstić information content (AvgIpc) is 2.62. The third-order valence-corrected chi connectivity index (χ3v) is 2.21. The predicted molar refractivity (Wildman–Crippen MR) is 54.7 cm³/mol. The van der Waals surface area contributed by atoms with Gasteiger partial charge in [0.2, 0.25) is 0 Å². The van der Waals surface area contributed by atoms with Crippen LogP contribution in [0.4, 0.5) is 10.5 Å². The van der Waals surface area contributed by atoms with Gasteiger partial charge in [-0.15, -0.1) is 0 Å². The van der Waals surface area contributed by atoms with Crippen LogP contribution in [0.3, 0.4) is 0 Å². The number of hydrogen-bond acceptors (Lipinski definition) is 1. The van der Waals surface area contributed by atoms with Crippen molar-refractivity contribution in [3.8, 4) is 0 Å². The van der Waals surface area contributed by atoms with Gasteiger partial charge in [0, 0.05) is 24.4 Å². The summed E-state index contributed by atoms with van der Waals surface area (Å²) in [7, 11) is 1.52. The van der Waals surface area contributed by atoms with Gasteiger partial charge in [0.05, 0.1) is 0 Å². The third-order valence-electron chi connectivity index (χ3n) is 2.21. The minimum Gasteiger partial charge on any atom is -0.465 e. The predicted octanol–water partition coefficient (Wildman–Crippen LogP) is 2.28. The molecule has 1 aromatic carbocycles. The molecule has 0 saturated heterocycles. The summed E-state index contributed by atoms with van der Waals surface area (Å²) in [6.45, 7) is 0. The monoisotopic (exact) mass is 190 g/mol. The lowest BCUT2D eigenvalue weighted by Gasteiger charge is -2.12. The van der Waals surface area contributed by atoms with Crippen LogP contribution in [0.15, 0.2) is 30.5 Å². The van der Waals surface area contributed by atoms with Crippen molar-refractivity contribution < 1.29 is 9.90 Å². The van der Waals surface area contributed by atoms with Crippen molar-refractivity contribution in [3.63, 3.8) is 0 Å². The van der Waals surface area contributed by atoms with E-state index in [1.165, 1.54) is 11.9 Å². The maximum atomic E-state index is 10.7. The molecule has 72 valence electrons. The Labute approximate surface area is 80.8 Å². The van der Waals surface area contributed by atoms with E-state index in [0.717, 1.165) is 10.9 Å². The number of carboxylic acid groups (broad SMARTS) is 1. The largest absolute Gasteiger partial charge is 0.465 e. The maximum absolute atomic E-state index is 10.7. The molecule has 1 amide bonds. The highest BCUT2D eigenvalue weighted by Gasteiger charge is 2.08. The number of H-pyrrole nitrogens is 1. The topological polar surface area (TPSA) is 56.3 Å². The number of aromatic amines is 1. The molecular weight excluding hydrogens is 180 g/mol. The first-order valence-electron chi connectivity index (χ1n) is 4.22. The van der Waals surface area contributed by atoms with E-state index in [2.05, 4.69) is 4.98 Å². The Balaban J connectivity index is 2.48. The molecule has 4 heteroatoms. The standard InChI is InChI=1S/C10H10N2O2/c1-12(10(13)14)8-3-2-7-4-5-11-9(7)6-8/h2-6,11H,1H3,(H,13,14). The third kappa shape index (κ3) is 1.31. The fraction of sp³-hybridized carbons (Fsp3) is 0.100. The van der Waals surface area contributed by atoms with Crippen molar-refractivity contribution in [2.24, 2.45) is 0 Å². The smallest absolute Gasteiger partial charge is 0.411 e. The molecule has 1 heterocycles. The number of fused-ring (bicyclic) bond motifs is 1. The molecule has 14 heavy (non-hydrogen) atoms. The summed E-state index contributed by atoms with van der Waals surface area (Å²) >= 11 is 0. The summed E-state index contributed by atoms with van der Waals surface area (Å²) < 4.78 is 0. The minimum absolute atomic E-state index is 0.660. The molecule has 4 nitrogen and oxygen atoms in total. The Kier molecular flexibility index (Phi) is 1.89. The summed E-state index contributed by atoms with van der Waals surface area (Å²) in [6, 6.07) is 7.42. The summed E-state index contributed by atoms with van der Waals surface area (Å²) in [5.74, 6) is 0. The molecule has 0 radical (unpaired) electrons. The zero-order chi connectivity index (χ0) is 10.1. The molecule has 0 aliphatic rings. The molecule has 2 rings (SSSR count). The van der Waals surface area contributed by atoms with Crippen molar-refractivity contribution in [2.75, 3.05) is 11.9 Å². The second-order valence-corrected chi connectivity index (χ2v) is 3.09. The van der Waals surface area contributed by atoms with Gasteiger partial charge in [-0.2, -0.15) is 0 Å². The quantitative estimate of drug-likeness (QED) is 0.724. The van der Waals surface area contributed by atoms with E-state index in [1.807, 2.05) is 24.4 Å². The van der Waals surface area contributed by atoms with E-state index in [0.29, 0.717) is 5.69 Å². The van der Waals surface area contributed by atoms with Crippen LogP contribution in [-0.4, -0.2) is 23.2 Å². The average molecular weight is 190 g/mol. The van der Waals surface area contributed by atoms with Gasteiger partial charge in [-0.3, -0.25) is 4.90 Å². The number of hydrogen-bond donors (Lipinski definition) is 2. The molecule has 2 aromatic rings. The van der Waals surface area contributed by atoms with Gasteiger partial charge in [0.1, 0.15) is 0 Å². The lowest BCUT2D eigenvalue weighted by Crippen LogP contribution is -2.23. The van der Waals surface area contributed by atoms with E-state index in [-0.39, 0.29) is 0 Å². The normalized spacial score (nSPS) is 10.4. The number of aromatic nitrogens is 1. The van der Waals surface area contributed by atoms with Gasteiger partial charge in [-0.05, 0) is 23.6 Å². The number of amides is 1. The zero-order valence-electron chi connectivity index (χ0n) is 7.69. The van der Waals surface area contributed by atoms with Crippen LogP contribution in [0.2, 0.25) is 0 Å². The zero-order valence-corrected chi connectivity index (χ0v) is 7.69. The minimum atomic E-state index is -0.962. The molecule has 0 spiro atoms. The number of anilines is 1. The molecule has 0 aliphatic carbocycles. The highest BCUT2D eigenvalue weighted by atomic mass is 16.4. The first-order valence-corrected chi connectivity index (χ1v) is 4.22. The van der Waals surface area contributed by atoms with Gasteiger partial charge < -0.3 is 10.1 Å². The van der Waals surface area contributed by atoms with Crippen LogP contribution in [-0.2, 0) is 0 Å². The van der Waals surface area contributed by atoms with Crippen molar-refractivity contribution in [3.05, 3.63) is 30.5 Å². The molecular formula is C10H10N2O2. The van der Waals surface area contributed by atoms with E-state index in [9.17, 15) is 4.79 Å². The Morgan fingerprint density at radius 1 is 1.43 bits per heavy atom. The van der Waals surface area contributed by atoms with Crippen LogP contribution in [0.1, 0.15) is 0 Å². The maximum Gasteiger partial charge on any atom is 0.411 e. The number of benzene rings is 1. The Hall–Kier alpha value is -1.97. The van der Waals surface area contributed by atoms with Crippen LogP contribution >= 0.6 is 0 Å². The van der Waals surface area contributed by atoms with Gasteiger partial charge in [-0.25, -0.2) is 4.79 Å². The van der Waals surface area contributed by atoms with Crippen LogP contribution in [0.25, 0.3) is 10.9 Å². The molecule has 0 fully saturated rings. The van der Waals surface area contributed by atoms with Crippen molar-refractivity contribution in [1.82, 2.24) is 4.98 Å². The second-order valence-electron chi connectivity index (χ2n) is 3.09. The van der Waals surface area contributed by atoms with Crippen molar-refractivity contribution >= 4 is 22.7 Å². The summed E-state index contributed by atoms with van der Waals surface area (Å²) in [4.78, 5) is 14.9. The Morgan fingerprint density at radius 2 is 2.21 bits per heavy atom. The lowest BCUT2D eigenvalue weighted by atomic mass is 10.2. The van der Waals surface area contributed by atoms with E-state index >= 15 is 0 Å². The van der Waals surface area contributed by atoms with Gasteiger partial charge in [0.25, 0.3) is 0 Å². The van der Waals surface area contributed by atoms with Crippen LogP contribution in [0, 0.1) is 0 Å². The molecule has 2 N–H and O–H groups in total. The summed E-state index contributed by atoms with van der Waals surface area (Å²) in [5, 5.41) is 9.85. The number of carbonyl (C=O) groups is 1. The van der Waals surface area contributed by atoms with Crippen LogP contribution < -0.4 is 4.90 Å². The summed E-state index contributed by atoms with van der Waals surface area (Å²) in [6.07, 6.45) is 0.866. The van der Waals surface area contributed by atoms with Gasteiger partial charge in [-0.1, -0.05) is 6.07 Å². The lowest BCUT2D eigenvalue weighted by molar-refractivity contribution is 0.203. The molecule has 0 saturated carbocycles. The summed E-state index contributed by atoms with van der Waals surface area (Å²) in [5.41, 5.74) is 1.60. The molecule has 1 aromatic heterocycles. The second kappa shape index (κ2) is 3.06. The first-order chi connectivity index (χ1) is 6.68. The highest BCUT2D eigenvalue weighted by molar-refractivity contribution is 5.90. The van der Waals surface area contributed by atoms with E-state index < -0.39 is 6.09 Å². The van der Waals surface area contributed by atoms with Crippen LogP contribution in [0.5, 0.6) is 0 Å². The van der Waals surface area contributed by atoms with Gasteiger partial charge in [0.15, 0.2) is 0 Å². The highest BCUT2D eigenvalue weighted by Crippen LogP contribution is 2.20. The Morgan fingerprint density at radius 3 is 2.93 bits per heavy atom. The number of nitrogens with zero attached hydrogens (tertiary/aromatic N) is 1. The molecule has 0 unspecified atom stereocenters. The first kappa shape index (κ1) is 8.62. The van der Waals surface area contributed by atoms with E-state index in [1.54, 1.807) is 6.07 Å². The number of nitrogens with one attached hydrogen (secondary N) is 1. The van der Waals surface area contributed by atoms with Crippen molar-refractivity contribution in [2.45, 2.75) is 0 Å². The SMILES string of the molecule is CN(C(=O)O)c1ccc2cc[nH]c2c1. The van der Waals surface area contributed by atoms with Gasteiger partial charge >= 0.3 is 6.09 Å². The fourth-order valence-electron chi connectivity index (χ4n) is 1.35. The van der Waals surface area contributed by atoms with E-state index in [4.69, 9.17) is 5.11 Å².